The fraction of sp³-hybridized carbons (Fsp3) is 0.317. The maximum absolute atomic E-state index is 12.6. The van der Waals surface area contributed by atoms with Crippen LogP contribution in [0, 0.1) is 12.3 Å². The third-order valence-corrected chi connectivity index (χ3v) is 20.5. The van der Waals surface area contributed by atoms with Crippen LogP contribution >= 0.6 is 0 Å². The number of rotatable bonds is 23. The topological polar surface area (TPSA) is 384 Å². The van der Waals surface area contributed by atoms with E-state index in [-0.39, 0.29) is 132 Å². The van der Waals surface area contributed by atoms with Gasteiger partial charge in [-0.05, 0) is 189 Å². The summed E-state index contributed by atoms with van der Waals surface area (Å²) in [5.41, 5.74) is 12.8. The van der Waals surface area contributed by atoms with Gasteiger partial charge in [0.05, 0.1) is 67.1 Å². The molecule has 133 heavy (non-hydrogen) atoms. The third kappa shape index (κ3) is 28.8. The lowest BCUT2D eigenvalue weighted by Crippen LogP contribution is -2.43. The molecule has 32 heteroatoms. The van der Waals surface area contributed by atoms with E-state index < -0.39 is 5.41 Å². The number of hydrogen-bond donors (Lipinski definition) is 4. The molecule has 15 rings (SSSR count). The van der Waals surface area contributed by atoms with Crippen molar-refractivity contribution in [3.05, 3.63) is 333 Å². The molecule has 4 N–H and O–H groups in total. The van der Waals surface area contributed by atoms with Gasteiger partial charge in [0.2, 0.25) is 17.7 Å². The van der Waals surface area contributed by atoms with E-state index in [9.17, 15) is 43.2 Å². The highest BCUT2D eigenvalue weighted by Crippen LogP contribution is 2.29. The van der Waals surface area contributed by atoms with Gasteiger partial charge in [0.25, 0.3) is 5.56 Å². The second kappa shape index (κ2) is 47.3. The van der Waals surface area contributed by atoms with Crippen molar-refractivity contribution >= 4 is 80.5 Å². The number of ketones is 2. The summed E-state index contributed by atoms with van der Waals surface area (Å²) in [6.07, 6.45) is 18.1. The average Bonchev–Trinajstić information content (AvgIpc) is 1.71. The fourth-order valence-electron chi connectivity index (χ4n) is 12.8. The summed E-state index contributed by atoms with van der Waals surface area (Å²) in [6, 6.07) is 47.5. The highest BCUT2D eigenvalue weighted by molar-refractivity contribution is 5.99. The van der Waals surface area contributed by atoms with Crippen molar-refractivity contribution in [2.75, 3.05) is 5.32 Å². The van der Waals surface area contributed by atoms with Gasteiger partial charge < -0.3 is 38.8 Å². The molecule has 2 aliphatic rings. The van der Waals surface area contributed by atoms with Crippen molar-refractivity contribution in [3.8, 4) is 11.6 Å². The number of benzene rings is 5. The Hall–Kier alpha value is -15.4. The highest BCUT2D eigenvalue weighted by Gasteiger charge is 2.26. The van der Waals surface area contributed by atoms with E-state index in [1.165, 1.54) is 17.2 Å². The van der Waals surface area contributed by atoms with Gasteiger partial charge >= 0.3 is 29.4 Å². The number of anilines is 1. The van der Waals surface area contributed by atoms with Gasteiger partial charge in [0, 0.05) is 96.0 Å². The van der Waals surface area contributed by atoms with Crippen LogP contribution in [0.2, 0.25) is 0 Å². The number of nitrogens with one attached hydrogen (secondary N) is 4. The lowest BCUT2D eigenvalue weighted by atomic mass is 9.97. The summed E-state index contributed by atoms with van der Waals surface area (Å²) >= 11 is 0. The Labute approximate surface area is 773 Å². The molecule has 694 valence electrons. The molecule has 0 bridgehead atoms. The quantitative estimate of drug-likeness (QED) is 0.0262. The molecule has 0 saturated carbocycles. The van der Waals surface area contributed by atoms with Crippen LogP contribution in [0.5, 0.6) is 11.6 Å². The van der Waals surface area contributed by atoms with E-state index in [1.54, 1.807) is 103 Å². The van der Waals surface area contributed by atoms with Gasteiger partial charge in [-0.1, -0.05) is 153 Å². The second-order valence-electron chi connectivity index (χ2n) is 34.4. The minimum Gasteiger partial charge on any atom is -0.471 e. The molecule has 0 spiro atoms. The molecule has 13 aromatic rings. The number of aryl methyl sites for hydroxylation is 1. The van der Waals surface area contributed by atoms with Crippen LogP contribution in [-0.2, 0) is 41.9 Å². The van der Waals surface area contributed by atoms with E-state index >= 15 is 0 Å². The van der Waals surface area contributed by atoms with Crippen LogP contribution < -0.4 is 42.4 Å². The molecule has 2 aliphatic heterocycles. The minimum absolute atomic E-state index is 0.0326. The molecule has 10 heterocycles. The molecule has 0 unspecified atom stereocenters. The number of Topliss-reactive ketones (excluding diaryl/α,β-unsaturated/α-hetero) is 2. The maximum atomic E-state index is 12.6. The largest absolute Gasteiger partial charge is 0.471 e. The number of carbonyl (C=O) groups is 6. The Morgan fingerprint density at radius 1 is 0.481 bits per heavy atom. The van der Waals surface area contributed by atoms with Crippen LogP contribution in [0.4, 0.5) is 15.5 Å². The summed E-state index contributed by atoms with van der Waals surface area (Å²) in [5.74, 6) is 0.351. The molecule has 0 aliphatic carbocycles. The number of urea groups is 2. The molecule has 0 fully saturated rings. The van der Waals surface area contributed by atoms with Crippen molar-refractivity contribution < 1.29 is 38.2 Å². The lowest BCUT2D eigenvalue weighted by molar-refractivity contribution is -0.143. The molecule has 32 nitrogen and oxygen atoms in total. The summed E-state index contributed by atoms with van der Waals surface area (Å²) < 4.78 is 20.4. The maximum Gasteiger partial charge on any atom is 0.348 e. The Morgan fingerprint density at radius 2 is 0.992 bits per heavy atom. The number of aromatic amines is 1. The first kappa shape index (κ1) is 101. The minimum atomic E-state index is -0.590. The molecule has 8 aromatic heterocycles. The van der Waals surface area contributed by atoms with E-state index in [1.807, 2.05) is 244 Å². The van der Waals surface area contributed by atoms with Crippen LogP contribution in [0.25, 0.3) is 39.1 Å². The molecule has 5 amide bonds. The smallest absolute Gasteiger partial charge is 0.348 e. The number of amides is 5. The number of fused-ring (bicyclic) bond motifs is 3. The molecule has 0 saturated heterocycles. The van der Waals surface area contributed by atoms with Crippen molar-refractivity contribution in [1.82, 2.24) is 98.1 Å². The van der Waals surface area contributed by atoms with E-state index in [0.29, 0.717) is 73.9 Å². The zero-order valence-corrected chi connectivity index (χ0v) is 79.0. The highest BCUT2D eigenvalue weighted by atomic mass is 16.5. The van der Waals surface area contributed by atoms with Gasteiger partial charge in [-0.15, -0.1) is 0 Å². The number of nitrogens with zero attached hydrogens (tertiary/aromatic N) is 17. The molecule has 5 aromatic carbocycles. The zero-order valence-electron chi connectivity index (χ0n) is 79.0. The van der Waals surface area contributed by atoms with Crippen LogP contribution in [0.1, 0.15) is 215 Å². The Kier molecular flexibility index (Phi) is 36.0. The van der Waals surface area contributed by atoms with Crippen molar-refractivity contribution in [3.63, 3.8) is 0 Å². The number of carbonyl (C=O) groups excluding carboxylic acids is 6. The predicted octanol–water partition coefficient (Wildman–Crippen LogP) is 17.6. The molecular formula is C101H119N21O11. The number of H-pyrrole nitrogens is 1. The van der Waals surface area contributed by atoms with Crippen molar-refractivity contribution in [2.45, 2.75) is 206 Å². The van der Waals surface area contributed by atoms with E-state index in [4.69, 9.17) is 9.47 Å². The zero-order chi connectivity index (χ0) is 97.1. The van der Waals surface area contributed by atoms with Crippen LogP contribution in [-0.4, -0.2) is 135 Å². The molecular weight excluding hydrogens is 1680 g/mol. The van der Waals surface area contributed by atoms with Crippen LogP contribution in [0.15, 0.2) is 265 Å². The van der Waals surface area contributed by atoms with Crippen molar-refractivity contribution in [2.24, 2.45) is 5.41 Å². The number of esters is 1. The standard InChI is InChI=1S/C28H31N5O4.C17H20N2O.C16H16N4O.C15H16N2O2.C9H14N2O.C8H10N4O.C8H12N2O/c1-18(2)33-17-29-23-24(33)31-27(30-22(34)15-19-9-7-6-8-10-19)32-25(23)36-16-20-11-13-21(14-12-20)37-26(35)28(3,4)5;1-12(2)19-11-14(4)16(18-17(19)20)10-13(3)15-8-6-5-7-9-15;1-11(2)20-10-19-15-13(17-9-18-16(15)20)8-14(21)12-6-4-3-5-7-12;1-11(2)17-9-8-13(16-15(17)19)10-14(18)12-6-4-3-5-7-12;1-6(2)11-5-7(3)8(4)10-9(11)12;1-5(2)12-4-11-6-7(12)9-3-10-8(6)13;1-6(2)10-5-4-7(3)9-8(10)11/h6-14,17-18H,15-16H2,1-5H3,(H,30,31,32,34);5-9,11-12H,3,10H2,1-2,4H3;3-7,9-11H,8H2,1-2H3;3-9,11H,10H2,1-2H3;5-6H,4H2,1-3H3,(H,10,12);3-5H,1-2H3,(H,9,10,13);4-6H,3H2,1-2H3,(H,9,11). The first-order valence-corrected chi connectivity index (χ1v) is 43.7. The number of allylic oxidation sites excluding steroid dienone is 3. The van der Waals surface area contributed by atoms with Gasteiger partial charge in [-0.3, -0.25) is 48.2 Å². The SMILES string of the molecule is C=C(Cc1nc(=O)n(C(C)C)cc1C)c1ccccc1.C=C1C=CN(C(C)C)C(=O)N1.C=C1NC(=O)N(C(C)C)C=C1C.CC(C)n1ccc(CC(=O)c2ccccc2)nc1=O.CC(C)n1cnc2c(=O)[nH]cnc21.CC(C)n1cnc2c(CC(=O)c3ccccc3)ncnc21.CC(C)n1cnc2c(OCc3ccc(OC(=O)C(C)(C)C)cc3)nc(NC(=O)Cc3ccccc3)nc21. The number of imidazole rings is 3. The lowest BCUT2D eigenvalue weighted by Gasteiger charge is -2.28. The van der Waals surface area contributed by atoms with Gasteiger partial charge in [0.15, 0.2) is 39.5 Å². The van der Waals surface area contributed by atoms with E-state index in [0.717, 1.165) is 44.7 Å². The van der Waals surface area contributed by atoms with E-state index in [2.05, 4.69) is 104 Å². The van der Waals surface area contributed by atoms with Gasteiger partial charge in [-0.2, -0.15) is 19.9 Å². The Morgan fingerprint density at radius 3 is 1.53 bits per heavy atom. The van der Waals surface area contributed by atoms with Gasteiger partial charge in [-0.25, -0.2) is 49.1 Å². The average molecular weight is 1800 g/mol. The summed E-state index contributed by atoms with van der Waals surface area (Å²) in [4.78, 5) is 155. The monoisotopic (exact) mass is 1800 g/mol. The first-order valence-electron chi connectivity index (χ1n) is 43.7. The second-order valence-corrected chi connectivity index (χ2v) is 34.4. The fourth-order valence-corrected chi connectivity index (χ4v) is 12.8. The summed E-state index contributed by atoms with van der Waals surface area (Å²) in [5, 5.41) is 8.09. The van der Waals surface area contributed by atoms with Crippen LogP contribution in [0.3, 0.4) is 0 Å². The number of ether oxygens (including phenoxy) is 2. The predicted molar refractivity (Wildman–Crippen MR) is 517 cm³/mol. The number of hydrogen-bond acceptors (Lipinski definition) is 21. The summed E-state index contributed by atoms with van der Waals surface area (Å²) in [7, 11) is 0. The molecule has 0 radical (unpaired) electrons. The Balaban J connectivity index is 0.000000182. The normalized spacial score (nSPS) is 12.3. The van der Waals surface area contributed by atoms with Crippen molar-refractivity contribution in [1.29, 1.82) is 0 Å². The third-order valence-electron chi connectivity index (χ3n) is 20.5. The summed E-state index contributed by atoms with van der Waals surface area (Å²) in [6.45, 7) is 48.8. The van der Waals surface area contributed by atoms with Gasteiger partial charge in [0.1, 0.15) is 24.2 Å². The first-order chi connectivity index (χ1) is 63.1. The molecule has 0 atom stereocenters. The number of aromatic nitrogens is 16. The Bertz CT molecular complexity index is 6500.